The van der Waals surface area contributed by atoms with Gasteiger partial charge in [0.15, 0.2) is 0 Å². The van der Waals surface area contributed by atoms with Crippen molar-refractivity contribution < 1.29 is 24.9 Å². The third-order valence-electron chi connectivity index (χ3n) is 6.57. The van der Waals surface area contributed by atoms with E-state index >= 15 is 0 Å². The number of rotatable bonds is 17. The first-order valence-electron chi connectivity index (χ1n) is 12.8. The molecule has 3 N–H and O–H groups in total. The van der Waals surface area contributed by atoms with Gasteiger partial charge in [-0.15, -0.1) is 0 Å². The summed E-state index contributed by atoms with van der Waals surface area (Å²) in [6.07, 6.45) is 13.9. The van der Waals surface area contributed by atoms with Gasteiger partial charge in [0, 0.05) is 12.0 Å². The van der Waals surface area contributed by atoms with Gasteiger partial charge in [0.25, 0.3) is 0 Å². The van der Waals surface area contributed by atoms with Crippen molar-refractivity contribution in [3.8, 4) is 11.5 Å². The molecule has 2 rings (SSSR count). The van der Waals surface area contributed by atoms with Crippen molar-refractivity contribution in [3.63, 3.8) is 0 Å². The molecule has 0 aliphatic carbocycles. The standard InChI is InChI=1S/C30H40O5/c1-23(22-31)7-3-2-4-8-24(19-26-13-16-28(32)17-14-26)9-5-10-25(15-18-30(34)35)20-27-11-6-12-29(33)21-27/h6,11-18,21-25,32-33H,2-5,7-10,19-20H2,1H3,(H,34,35). The Morgan fingerprint density at radius 1 is 0.829 bits per heavy atom. The van der Waals surface area contributed by atoms with E-state index < -0.39 is 5.97 Å². The van der Waals surface area contributed by atoms with E-state index in [1.807, 2.05) is 31.2 Å². The Morgan fingerprint density at radius 3 is 2.23 bits per heavy atom. The molecule has 3 atom stereocenters. The molecular weight excluding hydrogens is 440 g/mol. The minimum atomic E-state index is -0.944. The van der Waals surface area contributed by atoms with E-state index in [0.29, 0.717) is 12.3 Å². The highest BCUT2D eigenvalue weighted by molar-refractivity contribution is 5.79. The number of carbonyl (C=O) groups is 2. The number of hydrogen-bond donors (Lipinski definition) is 3. The van der Waals surface area contributed by atoms with Crippen LogP contribution < -0.4 is 0 Å². The van der Waals surface area contributed by atoms with Gasteiger partial charge < -0.3 is 20.1 Å². The Labute approximate surface area is 209 Å². The lowest BCUT2D eigenvalue weighted by atomic mass is 9.86. The maximum Gasteiger partial charge on any atom is 0.327 e. The SMILES string of the molecule is CC(C=O)CCCCCC(CCCC(C=CC(=O)O)Cc1cccc(O)c1)Cc1ccc(O)cc1. The highest BCUT2D eigenvalue weighted by Crippen LogP contribution is 2.26. The summed E-state index contributed by atoms with van der Waals surface area (Å²) in [5.74, 6) is 0.277. The van der Waals surface area contributed by atoms with Gasteiger partial charge >= 0.3 is 5.97 Å². The number of phenols is 2. The van der Waals surface area contributed by atoms with Gasteiger partial charge in [-0.05, 0) is 72.9 Å². The minimum Gasteiger partial charge on any atom is -0.508 e. The van der Waals surface area contributed by atoms with Crippen LogP contribution >= 0.6 is 0 Å². The van der Waals surface area contributed by atoms with E-state index in [9.17, 15) is 19.8 Å². The number of aromatic hydroxyl groups is 2. The molecule has 0 spiro atoms. The third-order valence-corrected chi connectivity index (χ3v) is 6.57. The normalized spacial score (nSPS) is 14.0. The first-order chi connectivity index (χ1) is 16.9. The van der Waals surface area contributed by atoms with Crippen molar-refractivity contribution in [2.24, 2.45) is 17.8 Å². The first kappa shape index (κ1) is 28.2. The van der Waals surface area contributed by atoms with E-state index in [-0.39, 0.29) is 23.3 Å². The number of unbranched alkanes of at least 4 members (excludes halogenated alkanes) is 2. The zero-order chi connectivity index (χ0) is 25.5. The number of aliphatic carboxylic acids is 1. The molecule has 2 aromatic rings. The second-order valence-electron chi connectivity index (χ2n) is 9.75. The summed E-state index contributed by atoms with van der Waals surface area (Å²) >= 11 is 0. The fourth-order valence-corrected chi connectivity index (χ4v) is 4.60. The van der Waals surface area contributed by atoms with Gasteiger partial charge in [0.1, 0.15) is 17.8 Å². The minimum absolute atomic E-state index is 0.0899. The molecule has 5 nitrogen and oxygen atoms in total. The summed E-state index contributed by atoms with van der Waals surface area (Å²) in [5, 5.41) is 28.5. The van der Waals surface area contributed by atoms with Crippen LogP contribution in [0.3, 0.4) is 0 Å². The summed E-state index contributed by atoms with van der Waals surface area (Å²) in [4.78, 5) is 21.9. The van der Waals surface area contributed by atoms with E-state index in [4.69, 9.17) is 5.11 Å². The van der Waals surface area contributed by atoms with Crippen molar-refractivity contribution >= 4 is 12.3 Å². The van der Waals surface area contributed by atoms with Crippen LogP contribution in [0.4, 0.5) is 0 Å². The Morgan fingerprint density at radius 2 is 1.54 bits per heavy atom. The molecule has 2 aromatic carbocycles. The molecule has 0 radical (unpaired) electrons. The lowest BCUT2D eigenvalue weighted by Crippen LogP contribution is -2.08. The molecular formula is C30H40O5. The van der Waals surface area contributed by atoms with Gasteiger partial charge in [0.2, 0.25) is 0 Å². The second-order valence-corrected chi connectivity index (χ2v) is 9.75. The zero-order valence-corrected chi connectivity index (χ0v) is 20.8. The number of carboxylic acids is 1. The number of carboxylic acid groups (broad SMARTS) is 1. The molecule has 0 saturated carbocycles. The van der Waals surface area contributed by atoms with Crippen LogP contribution in [0.5, 0.6) is 11.5 Å². The van der Waals surface area contributed by atoms with Crippen LogP contribution in [0.25, 0.3) is 0 Å². The van der Waals surface area contributed by atoms with Crippen molar-refractivity contribution in [3.05, 3.63) is 71.8 Å². The van der Waals surface area contributed by atoms with Crippen LogP contribution in [-0.2, 0) is 22.4 Å². The monoisotopic (exact) mass is 480 g/mol. The molecule has 0 amide bonds. The van der Waals surface area contributed by atoms with Gasteiger partial charge in [-0.2, -0.15) is 0 Å². The number of allylic oxidation sites excluding steroid dienone is 1. The number of hydrogen-bond acceptors (Lipinski definition) is 4. The molecule has 0 aliphatic heterocycles. The van der Waals surface area contributed by atoms with Crippen LogP contribution in [0.1, 0.15) is 69.4 Å². The summed E-state index contributed by atoms with van der Waals surface area (Å²) in [6.45, 7) is 1.96. The summed E-state index contributed by atoms with van der Waals surface area (Å²) < 4.78 is 0. The highest BCUT2D eigenvalue weighted by atomic mass is 16.4. The van der Waals surface area contributed by atoms with E-state index in [1.54, 1.807) is 30.3 Å². The van der Waals surface area contributed by atoms with Crippen LogP contribution in [0.15, 0.2) is 60.7 Å². The van der Waals surface area contributed by atoms with Crippen LogP contribution in [-0.4, -0.2) is 27.6 Å². The summed E-state index contributed by atoms with van der Waals surface area (Å²) in [7, 11) is 0. The molecule has 0 aromatic heterocycles. The zero-order valence-electron chi connectivity index (χ0n) is 20.8. The molecule has 0 aliphatic rings. The lowest BCUT2D eigenvalue weighted by molar-refractivity contribution is -0.131. The molecule has 0 heterocycles. The summed E-state index contributed by atoms with van der Waals surface area (Å²) in [6, 6.07) is 14.6. The predicted octanol–water partition coefficient (Wildman–Crippen LogP) is 6.71. The van der Waals surface area contributed by atoms with Gasteiger partial charge in [0.05, 0.1) is 0 Å². The second kappa shape index (κ2) is 15.8. The maximum atomic E-state index is 11.1. The molecule has 5 heteroatoms. The highest BCUT2D eigenvalue weighted by Gasteiger charge is 2.13. The van der Waals surface area contributed by atoms with Crippen molar-refractivity contribution in [1.29, 1.82) is 0 Å². The largest absolute Gasteiger partial charge is 0.508 e. The quantitative estimate of drug-likeness (QED) is 0.133. The lowest BCUT2D eigenvalue weighted by Gasteiger charge is -2.19. The van der Waals surface area contributed by atoms with Gasteiger partial charge in [-0.1, -0.05) is 75.8 Å². The fraction of sp³-hybridized carbons (Fsp3) is 0.467. The van der Waals surface area contributed by atoms with Gasteiger partial charge in [-0.25, -0.2) is 4.79 Å². The Kier molecular flexibility index (Phi) is 12.7. The number of aldehydes is 1. The van der Waals surface area contributed by atoms with Crippen molar-refractivity contribution in [2.75, 3.05) is 0 Å². The van der Waals surface area contributed by atoms with Gasteiger partial charge in [-0.3, -0.25) is 0 Å². The molecule has 0 fully saturated rings. The predicted molar refractivity (Wildman–Crippen MR) is 140 cm³/mol. The van der Waals surface area contributed by atoms with Crippen molar-refractivity contribution in [1.82, 2.24) is 0 Å². The van der Waals surface area contributed by atoms with E-state index in [2.05, 4.69) is 0 Å². The molecule has 3 unspecified atom stereocenters. The number of benzene rings is 2. The van der Waals surface area contributed by atoms with Crippen molar-refractivity contribution in [2.45, 2.75) is 71.1 Å². The Hall–Kier alpha value is -3.08. The Bertz CT molecular complexity index is 919. The maximum absolute atomic E-state index is 11.1. The number of phenolic OH excluding ortho intramolecular Hbond substituents is 2. The number of carbonyl (C=O) groups excluding carboxylic acids is 1. The Balaban J connectivity index is 1.94. The first-order valence-corrected chi connectivity index (χ1v) is 12.8. The average Bonchev–Trinajstić information content (AvgIpc) is 2.83. The topological polar surface area (TPSA) is 94.8 Å². The molecule has 0 saturated heterocycles. The molecule has 35 heavy (non-hydrogen) atoms. The van der Waals surface area contributed by atoms with E-state index in [1.165, 1.54) is 11.6 Å². The third kappa shape index (κ3) is 12.3. The van der Waals surface area contributed by atoms with E-state index in [0.717, 1.165) is 69.6 Å². The molecule has 0 bridgehead atoms. The fourth-order valence-electron chi connectivity index (χ4n) is 4.60. The smallest absolute Gasteiger partial charge is 0.327 e. The average molecular weight is 481 g/mol. The molecule has 190 valence electrons. The van der Waals surface area contributed by atoms with Crippen LogP contribution in [0, 0.1) is 17.8 Å². The summed E-state index contributed by atoms with van der Waals surface area (Å²) in [5.41, 5.74) is 2.21. The van der Waals surface area contributed by atoms with Crippen LogP contribution in [0.2, 0.25) is 0 Å².